The molecule has 0 spiro atoms. The molecule has 1 fully saturated rings. The van der Waals surface area contributed by atoms with E-state index in [2.05, 4.69) is 33.5 Å². The Balaban J connectivity index is 1.64. The summed E-state index contributed by atoms with van der Waals surface area (Å²) < 4.78 is 1.21. The van der Waals surface area contributed by atoms with Crippen LogP contribution in [0.5, 0.6) is 0 Å². The molecule has 1 saturated heterocycles. The molecule has 2 heterocycles. The highest BCUT2D eigenvalue weighted by atomic mass is 32.1. The predicted molar refractivity (Wildman–Crippen MR) is 92.6 cm³/mol. The summed E-state index contributed by atoms with van der Waals surface area (Å²) in [7, 11) is 0. The summed E-state index contributed by atoms with van der Waals surface area (Å²) in [6.45, 7) is 2.65. The van der Waals surface area contributed by atoms with Crippen LogP contribution in [0.15, 0.2) is 29.6 Å². The quantitative estimate of drug-likeness (QED) is 0.809. The molecule has 0 bridgehead atoms. The molecule has 3 rings (SSSR count). The SMILES string of the molecule is C[C@@H](NC(=O)N[C@H]1CCCCNC1=O)c1csc2ccccc12. The first-order chi connectivity index (χ1) is 11.1. The Hall–Kier alpha value is -2.08. The number of rotatable bonds is 3. The van der Waals surface area contributed by atoms with Gasteiger partial charge in [-0.15, -0.1) is 11.3 Å². The molecule has 2 aromatic rings. The highest BCUT2D eigenvalue weighted by Gasteiger charge is 2.23. The highest BCUT2D eigenvalue weighted by molar-refractivity contribution is 7.17. The third-order valence-electron chi connectivity index (χ3n) is 4.17. The van der Waals surface area contributed by atoms with Crippen molar-refractivity contribution in [3.8, 4) is 0 Å². The van der Waals surface area contributed by atoms with E-state index in [1.165, 1.54) is 4.70 Å². The van der Waals surface area contributed by atoms with Crippen LogP contribution < -0.4 is 16.0 Å². The lowest BCUT2D eigenvalue weighted by atomic mass is 10.1. The summed E-state index contributed by atoms with van der Waals surface area (Å²) in [4.78, 5) is 24.1. The Bertz CT molecular complexity index is 713. The van der Waals surface area contributed by atoms with Crippen molar-refractivity contribution in [2.45, 2.75) is 38.3 Å². The van der Waals surface area contributed by atoms with Gasteiger partial charge in [0.15, 0.2) is 0 Å². The second-order valence-electron chi connectivity index (χ2n) is 5.87. The van der Waals surface area contributed by atoms with Crippen LogP contribution in [0.3, 0.4) is 0 Å². The van der Waals surface area contributed by atoms with Crippen molar-refractivity contribution in [2.24, 2.45) is 0 Å². The van der Waals surface area contributed by atoms with Gasteiger partial charge in [0, 0.05) is 11.2 Å². The third kappa shape index (κ3) is 3.64. The smallest absolute Gasteiger partial charge is 0.315 e. The first-order valence-corrected chi connectivity index (χ1v) is 8.84. The Morgan fingerprint density at radius 1 is 1.35 bits per heavy atom. The van der Waals surface area contributed by atoms with Crippen LogP contribution in [0, 0.1) is 0 Å². The monoisotopic (exact) mass is 331 g/mol. The molecule has 122 valence electrons. The van der Waals surface area contributed by atoms with Gasteiger partial charge in [0.2, 0.25) is 5.91 Å². The lowest BCUT2D eigenvalue weighted by Crippen LogP contribution is -2.49. The summed E-state index contributed by atoms with van der Waals surface area (Å²) in [5, 5.41) is 11.8. The Morgan fingerprint density at radius 3 is 3.04 bits per heavy atom. The summed E-state index contributed by atoms with van der Waals surface area (Å²) in [6, 6.07) is 7.31. The standard InChI is InChI=1S/C17H21N3O2S/c1-11(13-10-23-15-8-3-2-6-12(13)15)19-17(22)20-14-7-4-5-9-18-16(14)21/h2-3,6,8,10-11,14H,4-5,7,9H2,1H3,(H,18,21)(H2,19,20,22)/t11-,14+/m1/s1. The number of hydrogen-bond acceptors (Lipinski definition) is 3. The molecular formula is C17H21N3O2S. The molecule has 1 aliphatic rings. The molecule has 3 N–H and O–H groups in total. The van der Waals surface area contributed by atoms with E-state index < -0.39 is 6.04 Å². The normalized spacial score (nSPS) is 19.7. The van der Waals surface area contributed by atoms with E-state index in [0.717, 1.165) is 23.8 Å². The molecular weight excluding hydrogens is 310 g/mol. The Morgan fingerprint density at radius 2 is 2.17 bits per heavy atom. The number of thiophene rings is 1. The fraction of sp³-hybridized carbons (Fsp3) is 0.412. The van der Waals surface area contributed by atoms with E-state index in [1.807, 2.05) is 19.1 Å². The zero-order valence-electron chi connectivity index (χ0n) is 13.1. The topological polar surface area (TPSA) is 70.2 Å². The van der Waals surface area contributed by atoms with Gasteiger partial charge in [0.25, 0.3) is 0 Å². The molecule has 1 aromatic carbocycles. The zero-order chi connectivity index (χ0) is 16.2. The van der Waals surface area contributed by atoms with Gasteiger partial charge >= 0.3 is 6.03 Å². The van der Waals surface area contributed by atoms with Gasteiger partial charge in [-0.25, -0.2) is 4.79 Å². The average molecular weight is 331 g/mol. The van der Waals surface area contributed by atoms with Crippen molar-refractivity contribution in [2.75, 3.05) is 6.54 Å². The molecule has 6 heteroatoms. The van der Waals surface area contributed by atoms with E-state index in [1.54, 1.807) is 11.3 Å². The van der Waals surface area contributed by atoms with Crippen LogP contribution >= 0.6 is 11.3 Å². The van der Waals surface area contributed by atoms with Crippen molar-refractivity contribution < 1.29 is 9.59 Å². The van der Waals surface area contributed by atoms with Gasteiger partial charge in [-0.3, -0.25) is 4.79 Å². The number of benzene rings is 1. The highest BCUT2D eigenvalue weighted by Crippen LogP contribution is 2.29. The fourth-order valence-electron chi connectivity index (χ4n) is 2.89. The first kappa shape index (κ1) is 15.8. The number of urea groups is 1. The summed E-state index contributed by atoms with van der Waals surface area (Å²) in [5.41, 5.74) is 1.10. The maximum Gasteiger partial charge on any atom is 0.315 e. The van der Waals surface area contributed by atoms with Gasteiger partial charge in [0.1, 0.15) is 6.04 Å². The third-order valence-corrected chi connectivity index (χ3v) is 5.15. The second kappa shape index (κ2) is 7.00. The minimum atomic E-state index is -0.441. The average Bonchev–Trinajstić information content (AvgIpc) is 2.87. The second-order valence-corrected chi connectivity index (χ2v) is 6.78. The van der Waals surface area contributed by atoms with Crippen LogP contribution in [0.4, 0.5) is 4.79 Å². The number of hydrogen-bond donors (Lipinski definition) is 3. The minimum absolute atomic E-state index is 0.0914. The molecule has 23 heavy (non-hydrogen) atoms. The number of carbonyl (C=O) groups excluding carboxylic acids is 2. The van der Waals surface area contributed by atoms with Crippen molar-refractivity contribution in [1.82, 2.24) is 16.0 Å². The summed E-state index contributed by atoms with van der Waals surface area (Å²) >= 11 is 1.67. The van der Waals surface area contributed by atoms with Crippen LogP contribution in [0.1, 0.15) is 37.8 Å². The van der Waals surface area contributed by atoms with E-state index >= 15 is 0 Å². The van der Waals surface area contributed by atoms with Gasteiger partial charge in [-0.1, -0.05) is 18.2 Å². The van der Waals surface area contributed by atoms with E-state index in [-0.39, 0.29) is 18.0 Å². The van der Waals surface area contributed by atoms with E-state index in [9.17, 15) is 9.59 Å². The molecule has 1 aromatic heterocycles. The van der Waals surface area contributed by atoms with Crippen molar-refractivity contribution >= 4 is 33.4 Å². The Kier molecular flexibility index (Phi) is 4.81. The number of amides is 3. The number of carbonyl (C=O) groups is 2. The fourth-order valence-corrected chi connectivity index (χ4v) is 3.94. The summed E-state index contributed by atoms with van der Waals surface area (Å²) in [6.07, 6.45) is 2.59. The van der Waals surface area contributed by atoms with E-state index in [4.69, 9.17) is 0 Å². The molecule has 0 radical (unpaired) electrons. The van der Waals surface area contributed by atoms with Gasteiger partial charge in [-0.05, 0) is 48.6 Å². The molecule has 3 amide bonds. The lowest BCUT2D eigenvalue weighted by Gasteiger charge is -2.19. The van der Waals surface area contributed by atoms with Crippen LogP contribution in [-0.4, -0.2) is 24.5 Å². The van der Waals surface area contributed by atoms with Gasteiger partial charge in [-0.2, -0.15) is 0 Å². The zero-order valence-corrected chi connectivity index (χ0v) is 13.9. The van der Waals surface area contributed by atoms with Crippen molar-refractivity contribution in [1.29, 1.82) is 0 Å². The molecule has 0 saturated carbocycles. The molecule has 5 nitrogen and oxygen atoms in total. The molecule has 2 atom stereocenters. The van der Waals surface area contributed by atoms with Crippen molar-refractivity contribution in [3.05, 3.63) is 35.2 Å². The predicted octanol–water partition coefficient (Wildman–Crippen LogP) is 2.93. The van der Waals surface area contributed by atoms with Crippen LogP contribution in [-0.2, 0) is 4.79 Å². The molecule has 0 aliphatic carbocycles. The number of fused-ring (bicyclic) bond motifs is 1. The van der Waals surface area contributed by atoms with Crippen molar-refractivity contribution in [3.63, 3.8) is 0 Å². The first-order valence-electron chi connectivity index (χ1n) is 7.96. The molecule has 1 aliphatic heterocycles. The lowest BCUT2D eigenvalue weighted by molar-refractivity contribution is -0.122. The molecule has 0 unspecified atom stereocenters. The van der Waals surface area contributed by atoms with E-state index in [0.29, 0.717) is 13.0 Å². The largest absolute Gasteiger partial charge is 0.354 e. The number of nitrogens with one attached hydrogen (secondary N) is 3. The maximum absolute atomic E-state index is 12.2. The summed E-state index contributed by atoms with van der Waals surface area (Å²) in [5.74, 6) is -0.0914. The van der Waals surface area contributed by atoms with Crippen LogP contribution in [0.25, 0.3) is 10.1 Å². The minimum Gasteiger partial charge on any atom is -0.354 e. The van der Waals surface area contributed by atoms with Gasteiger partial charge in [0.05, 0.1) is 6.04 Å². The van der Waals surface area contributed by atoms with Crippen LogP contribution in [0.2, 0.25) is 0 Å². The Labute approximate surface area is 139 Å². The maximum atomic E-state index is 12.2. The van der Waals surface area contributed by atoms with Gasteiger partial charge < -0.3 is 16.0 Å².